The first-order valence-electron chi connectivity index (χ1n) is 10.2. The van der Waals surface area contributed by atoms with Crippen LogP contribution in [0.2, 0.25) is 0 Å². The molecule has 9 heteroatoms. The van der Waals surface area contributed by atoms with Crippen LogP contribution >= 0.6 is 0 Å². The highest BCUT2D eigenvalue weighted by molar-refractivity contribution is 5.96. The lowest BCUT2D eigenvalue weighted by molar-refractivity contribution is -0.274. The number of hydrogen-bond donors (Lipinski definition) is 2. The van der Waals surface area contributed by atoms with Crippen molar-refractivity contribution in [1.82, 2.24) is 9.88 Å². The van der Waals surface area contributed by atoms with Crippen LogP contribution < -0.4 is 15.4 Å². The molecule has 2 N–H and O–H groups in total. The zero-order valence-corrected chi connectivity index (χ0v) is 17.7. The van der Waals surface area contributed by atoms with Crippen LogP contribution in [0.4, 0.5) is 23.7 Å². The zero-order chi connectivity index (χ0) is 23.3. The fraction of sp³-hybridized carbons (Fsp3) is 0.304. The number of amides is 2. The number of urea groups is 1. The second kappa shape index (κ2) is 9.64. The fourth-order valence-electron chi connectivity index (χ4n) is 3.53. The number of nitrogens with one attached hydrogen (secondary N) is 2. The van der Waals surface area contributed by atoms with E-state index in [1.807, 2.05) is 13.8 Å². The number of alkyl halides is 3. The molecule has 0 saturated heterocycles. The van der Waals surface area contributed by atoms with Gasteiger partial charge in [-0.1, -0.05) is 25.5 Å². The lowest BCUT2D eigenvalue weighted by atomic mass is 10.1. The van der Waals surface area contributed by atoms with E-state index in [2.05, 4.69) is 21.4 Å². The first-order chi connectivity index (χ1) is 15.3. The number of fused-ring (bicyclic) bond motifs is 1. The molecule has 2 aromatic carbocycles. The van der Waals surface area contributed by atoms with E-state index in [0.29, 0.717) is 46.5 Å². The van der Waals surface area contributed by atoms with Gasteiger partial charge < -0.3 is 19.9 Å². The number of carbonyl (C=O) groups excluding carboxylic acids is 1. The minimum Gasteiger partial charge on any atom is -0.406 e. The van der Waals surface area contributed by atoms with E-state index in [0.717, 1.165) is 12.8 Å². The average molecular weight is 444 g/mol. The lowest BCUT2D eigenvalue weighted by Crippen LogP contribution is -2.29. The summed E-state index contributed by atoms with van der Waals surface area (Å²) in [6, 6.07) is 12.8. The van der Waals surface area contributed by atoms with Crippen LogP contribution in [0.1, 0.15) is 32.3 Å². The molecule has 0 bridgehead atoms. The number of halogens is 3. The van der Waals surface area contributed by atoms with Gasteiger partial charge in [0.1, 0.15) is 11.8 Å². The van der Waals surface area contributed by atoms with Crippen molar-refractivity contribution in [2.75, 3.05) is 11.9 Å². The SMILES string of the molecule is CCCCNC(=O)Nc1ccc(-c2c(C#N)c3ccc(OC(F)(F)F)cc3n2CC)cc1. The highest BCUT2D eigenvalue weighted by Crippen LogP contribution is 2.36. The number of unbranched alkanes of at least 4 members (excludes halogenated alkanes) is 1. The Kier molecular flexibility index (Phi) is 6.93. The van der Waals surface area contributed by atoms with Crippen molar-refractivity contribution >= 4 is 22.6 Å². The minimum absolute atomic E-state index is 0.302. The summed E-state index contributed by atoms with van der Waals surface area (Å²) in [4.78, 5) is 11.9. The maximum absolute atomic E-state index is 12.6. The Hall–Kier alpha value is -3.67. The topological polar surface area (TPSA) is 79.1 Å². The fourth-order valence-corrected chi connectivity index (χ4v) is 3.53. The third-order valence-electron chi connectivity index (χ3n) is 4.93. The minimum atomic E-state index is -4.80. The standard InChI is InChI=1S/C23H23F3N4O2/c1-3-5-12-28-22(31)29-16-8-6-15(7-9-16)21-19(14-27)18-11-10-17(32-23(24,25)26)13-20(18)30(21)4-2/h6-11,13H,3-5,12H2,1-2H3,(H2,28,29,31). The van der Waals surface area contributed by atoms with Gasteiger partial charge in [-0.2, -0.15) is 5.26 Å². The van der Waals surface area contributed by atoms with E-state index in [1.165, 1.54) is 18.2 Å². The maximum Gasteiger partial charge on any atom is 0.573 e. The van der Waals surface area contributed by atoms with Gasteiger partial charge >= 0.3 is 12.4 Å². The number of carbonyl (C=O) groups is 1. The third kappa shape index (κ3) is 5.14. The van der Waals surface area contributed by atoms with Crippen LogP contribution in [0, 0.1) is 11.3 Å². The highest BCUT2D eigenvalue weighted by atomic mass is 19.4. The molecule has 1 aromatic heterocycles. The van der Waals surface area contributed by atoms with Gasteiger partial charge in [0.05, 0.1) is 16.8 Å². The first kappa shape index (κ1) is 23.0. The average Bonchev–Trinajstić information content (AvgIpc) is 3.06. The Morgan fingerprint density at radius 1 is 1.16 bits per heavy atom. The molecule has 0 atom stereocenters. The van der Waals surface area contributed by atoms with E-state index in [4.69, 9.17) is 0 Å². The quantitative estimate of drug-likeness (QED) is 0.438. The van der Waals surface area contributed by atoms with Gasteiger partial charge in [-0.25, -0.2) is 4.79 Å². The molecule has 0 radical (unpaired) electrons. The molecule has 0 unspecified atom stereocenters. The monoisotopic (exact) mass is 444 g/mol. The normalized spacial score (nSPS) is 11.2. The molecule has 0 aliphatic carbocycles. The number of anilines is 1. The molecule has 2 amide bonds. The Morgan fingerprint density at radius 3 is 2.47 bits per heavy atom. The van der Waals surface area contributed by atoms with Crippen molar-refractivity contribution in [2.45, 2.75) is 39.6 Å². The number of nitriles is 1. The summed E-state index contributed by atoms with van der Waals surface area (Å²) in [7, 11) is 0. The van der Waals surface area contributed by atoms with Crippen LogP contribution in [0.3, 0.4) is 0 Å². The summed E-state index contributed by atoms with van der Waals surface area (Å²) in [6.07, 6.45) is -2.93. The van der Waals surface area contributed by atoms with Gasteiger partial charge in [0.25, 0.3) is 0 Å². The molecule has 1 heterocycles. The van der Waals surface area contributed by atoms with Crippen LogP contribution in [0.15, 0.2) is 42.5 Å². The molecular formula is C23H23F3N4O2. The summed E-state index contributed by atoms with van der Waals surface area (Å²) in [6.45, 7) is 4.90. The Balaban J connectivity index is 1.95. The van der Waals surface area contributed by atoms with E-state index >= 15 is 0 Å². The highest BCUT2D eigenvalue weighted by Gasteiger charge is 2.31. The van der Waals surface area contributed by atoms with E-state index < -0.39 is 6.36 Å². The van der Waals surface area contributed by atoms with Crippen LogP contribution in [-0.4, -0.2) is 23.5 Å². The second-order valence-electron chi connectivity index (χ2n) is 7.12. The van der Waals surface area contributed by atoms with Crippen molar-refractivity contribution in [3.05, 3.63) is 48.0 Å². The smallest absolute Gasteiger partial charge is 0.406 e. The zero-order valence-electron chi connectivity index (χ0n) is 17.7. The maximum atomic E-state index is 12.6. The van der Waals surface area contributed by atoms with Gasteiger partial charge in [-0.15, -0.1) is 13.2 Å². The number of benzene rings is 2. The number of aryl methyl sites for hydroxylation is 1. The van der Waals surface area contributed by atoms with Crippen molar-refractivity contribution in [1.29, 1.82) is 5.26 Å². The largest absolute Gasteiger partial charge is 0.573 e. The summed E-state index contributed by atoms with van der Waals surface area (Å²) in [5.41, 5.74) is 2.71. The molecule has 3 aromatic rings. The lowest BCUT2D eigenvalue weighted by Gasteiger charge is -2.12. The molecule has 0 spiro atoms. The van der Waals surface area contributed by atoms with Gasteiger partial charge in [0.2, 0.25) is 0 Å². The third-order valence-corrected chi connectivity index (χ3v) is 4.93. The van der Waals surface area contributed by atoms with Crippen molar-refractivity contribution in [2.24, 2.45) is 0 Å². The van der Waals surface area contributed by atoms with Crippen molar-refractivity contribution in [3.63, 3.8) is 0 Å². The Bertz CT molecular complexity index is 1150. The molecule has 6 nitrogen and oxygen atoms in total. The van der Waals surface area contributed by atoms with Gasteiger partial charge in [0.15, 0.2) is 0 Å². The van der Waals surface area contributed by atoms with Gasteiger partial charge in [-0.3, -0.25) is 0 Å². The first-order valence-corrected chi connectivity index (χ1v) is 10.2. The van der Waals surface area contributed by atoms with E-state index in [9.17, 15) is 23.2 Å². The molecule has 0 aliphatic heterocycles. The molecule has 0 fully saturated rings. The van der Waals surface area contributed by atoms with Crippen molar-refractivity contribution in [3.8, 4) is 23.1 Å². The summed E-state index contributed by atoms with van der Waals surface area (Å²) < 4.78 is 43.7. The van der Waals surface area contributed by atoms with Crippen LogP contribution in [-0.2, 0) is 6.54 Å². The second-order valence-corrected chi connectivity index (χ2v) is 7.12. The summed E-state index contributed by atoms with van der Waals surface area (Å²) in [5.74, 6) is -0.345. The summed E-state index contributed by atoms with van der Waals surface area (Å²) in [5, 5.41) is 15.8. The van der Waals surface area contributed by atoms with Gasteiger partial charge in [-0.05, 0) is 43.2 Å². The number of ether oxygens (including phenoxy) is 1. The predicted molar refractivity (Wildman–Crippen MR) is 116 cm³/mol. The van der Waals surface area contributed by atoms with E-state index in [-0.39, 0.29) is 11.8 Å². The molecular weight excluding hydrogens is 421 g/mol. The number of rotatable bonds is 7. The molecule has 3 rings (SSSR count). The molecule has 32 heavy (non-hydrogen) atoms. The van der Waals surface area contributed by atoms with Crippen molar-refractivity contribution < 1.29 is 22.7 Å². The van der Waals surface area contributed by atoms with Gasteiger partial charge in [0, 0.05) is 30.2 Å². The predicted octanol–water partition coefficient (Wildman–Crippen LogP) is 6.02. The van der Waals surface area contributed by atoms with Crippen LogP contribution in [0.25, 0.3) is 22.2 Å². The number of aromatic nitrogens is 1. The Morgan fingerprint density at radius 2 is 1.88 bits per heavy atom. The molecule has 0 saturated carbocycles. The summed E-state index contributed by atoms with van der Waals surface area (Å²) >= 11 is 0. The number of nitrogens with zero attached hydrogens (tertiary/aromatic N) is 2. The number of hydrogen-bond acceptors (Lipinski definition) is 3. The molecule has 168 valence electrons. The molecule has 0 aliphatic rings. The van der Waals surface area contributed by atoms with Crippen LogP contribution in [0.5, 0.6) is 5.75 Å². The Labute approximate surface area is 183 Å². The van der Waals surface area contributed by atoms with E-state index in [1.54, 1.807) is 28.8 Å².